The third-order valence-corrected chi connectivity index (χ3v) is 3.82. The van der Waals surface area contributed by atoms with E-state index in [1.165, 1.54) is 38.5 Å². The topological polar surface area (TPSA) is 129 Å². The highest BCUT2D eigenvalue weighted by Gasteiger charge is 2.18. The van der Waals surface area contributed by atoms with Gasteiger partial charge in [0.15, 0.2) is 11.5 Å². The van der Waals surface area contributed by atoms with Crippen molar-refractivity contribution >= 4 is 17.5 Å². The van der Waals surface area contributed by atoms with Crippen molar-refractivity contribution in [2.45, 2.75) is 13.3 Å². The Morgan fingerprint density at radius 3 is 2.24 bits per heavy atom. The van der Waals surface area contributed by atoms with E-state index in [1.807, 2.05) is 6.92 Å². The summed E-state index contributed by atoms with van der Waals surface area (Å²) >= 11 is 0. The van der Waals surface area contributed by atoms with Gasteiger partial charge in [0.2, 0.25) is 0 Å². The summed E-state index contributed by atoms with van der Waals surface area (Å²) in [5.41, 5.74) is 4.30. The highest BCUT2D eigenvalue weighted by atomic mass is 16.6. The number of carbonyl (C=O) groups is 2. The van der Waals surface area contributed by atoms with Crippen molar-refractivity contribution in [3.8, 4) is 17.2 Å². The molecule has 0 aliphatic heterocycles. The van der Waals surface area contributed by atoms with Gasteiger partial charge in [0, 0.05) is 17.7 Å². The first kappa shape index (κ1) is 21.5. The van der Waals surface area contributed by atoms with Gasteiger partial charge in [-0.15, -0.1) is 0 Å². The molecular formula is C19H21N3O7. The second-order valence-corrected chi connectivity index (χ2v) is 5.76. The zero-order valence-corrected chi connectivity index (χ0v) is 16.2. The molecule has 10 heteroatoms. The Kier molecular flexibility index (Phi) is 7.35. The van der Waals surface area contributed by atoms with Gasteiger partial charge in [0.25, 0.3) is 17.5 Å². The SMILES string of the molecule is CCCOc1ccc(C(=O)NNC(=O)c2cc([N+](=O)[O-])ccc2OC)cc1OC. The molecule has 2 N–H and O–H groups in total. The Balaban J connectivity index is 2.11. The minimum absolute atomic E-state index is 0.0945. The lowest BCUT2D eigenvalue weighted by atomic mass is 10.1. The second-order valence-electron chi connectivity index (χ2n) is 5.76. The number of nitrogens with zero attached hydrogens (tertiary/aromatic N) is 1. The lowest BCUT2D eigenvalue weighted by Crippen LogP contribution is -2.41. The maximum Gasteiger partial charge on any atom is 0.273 e. The molecule has 0 fully saturated rings. The smallest absolute Gasteiger partial charge is 0.273 e. The number of hydrogen-bond donors (Lipinski definition) is 2. The zero-order chi connectivity index (χ0) is 21.4. The quantitative estimate of drug-likeness (QED) is 0.512. The molecule has 154 valence electrons. The summed E-state index contributed by atoms with van der Waals surface area (Å²) in [5, 5.41) is 10.9. The van der Waals surface area contributed by atoms with Crippen LogP contribution in [0.4, 0.5) is 5.69 Å². The van der Waals surface area contributed by atoms with Crippen molar-refractivity contribution in [1.82, 2.24) is 10.9 Å². The molecule has 2 rings (SSSR count). The summed E-state index contributed by atoms with van der Waals surface area (Å²) in [6, 6.07) is 8.15. The molecule has 2 aromatic rings. The molecule has 0 heterocycles. The maximum absolute atomic E-state index is 12.4. The van der Waals surface area contributed by atoms with Crippen molar-refractivity contribution in [3.63, 3.8) is 0 Å². The largest absolute Gasteiger partial charge is 0.496 e. The monoisotopic (exact) mass is 403 g/mol. The summed E-state index contributed by atoms with van der Waals surface area (Å²) in [7, 11) is 2.77. The number of carbonyl (C=O) groups excluding carboxylic acids is 2. The number of benzene rings is 2. The van der Waals surface area contributed by atoms with Gasteiger partial charge < -0.3 is 14.2 Å². The summed E-state index contributed by atoms with van der Waals surface area (Å²) in [6.45, 7) is 2.47. The lowest BCUT2D eigenvalue weighted by Gasteiger charge is -2.13. The number of nitro groups is 1. The van der Waals surface area contributed by atoms with E-state index in [0.717, 1.165) is 12.5 Å². The third-order valence-electron chi connectivity index (χ3n) is 3.82. The van der Waals surface area contributed by atoms with Crippen molar-refractivity contribution in [2.75, 3.05) is 20.8 Å². The second kappa shape index (κ2) is 9.93. The molecule has 0 aliphatic rings. The molecular weight excluding hydrogens is 382 g/mol. The molecule has 0 atom stereocenters. The van der Waals surface area contributed by atoms with Crippen LogP contribution in [0.2, 0.25) is 0 Å². The first-order valence-corrected chi connectivity index (χ1v) is 8.65. The number of ether oxygens (including phenoxy) is 3. The molecule has 10 nitrogen and oxygen atoms in total. The Hall–Kier alpha value is -3.82. The van der Waals surface area contributed by atoms with Crippen molar-refractivity contribution in [2.24, 2.45) is 0 Å². The van der Waals surface area contributed by atoms with Gasteiger partial charge in [0.05, 0.1) is 31.3 Å². The molecule has 0 saturated carbocycles. The number of hydrazine groups is 1. The van der Waals surface area contributed by atoms with E-state index in [0.29, 0.717) is 18.1 Å². The number of nitro benzene ring substituents is 1. The average molecular weight is 403 g/mol. The van der Waals surface area contributed by atoms with Crippen LogP contribution in [0.15, 0.2) is 36.4 Å². The molecule has 0 unspecified atom stereocenters. The molecule has 29 heavy (non-hydrogen) atoms. The maximum atomic E-state index is 12.4. The normalized spacial score (nSPS) is 10.0. The van der Waals surface area contributed by atoms with Gasteiger partial charge in [0.1, 0.15) is 5.75 Å². The summed E-state index contributed by atoms with van der Waals surface area (Å²) in [6.07, 6.45) is 0.818. The predicted octanol–water partition coefficient (Wildman–Crippen LogP) is 2.48. The van der Waals surface area contributed by atoms with Gasteiger partial charge in [-0.05, 0) is 30.7 Å². The summed E-state index contributed by atoms with van der Waals surface area (Å²) in [4.78, 5) is 35.0. The van der Waals surface area contributed by atoms with E-state index in [2.05, 4.69) is 10.9 Å². The fourth-order valence-electron chi connectivity index (χ4n) is 2.38. The van der Waals surface area contributed by atoms with Crippen LogP contribution >= 0.6 is 0 Å². The Morgan fingerprint density at radius 1 is 0.966 bits per heavy atom. The summed E-state index contributed by atoms with van der Waals surface area (Å²) in [5.74, 6) is -0.382. The molecule has 0 radical (unpaired) electrons. The molecule has 0 saturated heterocycles. The van der Waals surface area contributed by atoms with Gasteiger partial charge in [-0.1, -0.05) is 6.92 Å². The van der Waals surface area contributed by atoms with Crippen LogP contribution in [0.1, 0.15) is 34.1 Å². The number of amides is 2. The van der Waals surface area contributed by atoms with Crippen LogP contribution in [0.25, 0.3) is 0 Å². The predicted molar refractivity (Wildman–Crippen MR) is 103 cm³/mol. The molecule has 2 aromatic carbocycles. The van der Waals surface area contributed by atoms with Gasteiger partial charge in [-0.2, -0.15) is 0 Å². The number of hydrogen-bond acceptors (Lipinski definition) is 7. The zero-order valence-electron chi connectivity index (χ0n) is 16.2. The van der Waals surface area contributed by atoms with E-state index >= 15 is 0 Å². The van der Waals surface area contributed by atoms with E-state index < -0.39 is 16.7 Å². The first-order valence-electron chi connectivity index (χ1n) is 8.65. The third kappa shape index (κ3) is 5.34. The number of non-ortho nitro benzene ring substituents is 1. The highest BCUT2D eigenvalue weighted by Crippen LogP contribution is 2.28. The van der Waals surface area contributed by atoms with Crippen molar-refractivity contribution in [1.29, 1.82) is 0 Å². The van der Waals surface area contributed by atoms with Crippen molar-refractivity contribution < 1.29 is 28.7 Å². The number of methoxy groups -OCH3 is 2. The Labute approximate surface area is 166 Å². The van der Waals surface area contributed by atoms with E-state index in [4.69, 9.17) is 14.2 Å². The molecule has 0 spiro atoms. The van der Waals surface area contributed by atoms with Crippen LogP contribution in [-0.4, -0.2) is 37.6 Å². The van der Waals surface area contributed by atoms with E-state index in [1.54, 1.807) is 6.07 Å². The lowest BCUT2D eigenvalue weighted by molar-refractivity contribution is -0.384. The van der Waals surface area contributed by atoms with E-state index in [-0.39, 0.29) is 22.6 Å². The minimum Gasteiger partial charge on any atom is -0.496 e. The standard InChI is InChI=1S/C19H21N3O7/c1-4-9-29-16-7-5-12(10-17(16)28-3)18(23)20-21-19(24)14-11-13(22(25)26)6-8-15(14)27-2/h5-8,10-11H,4,9H2,1-3H3,(H,20,23)(H,21,24). The van der Waals surface area contributed by atoms with E-state index in [9.17, 15) is 19.7 Å². The Bertz CT molecular complexity index is 915. The van der Waals surface area contributed by atoms with Crippen LogP contribution < -0.4 is 25.1 Å². The first-order chi connectivity index (χ1) is 13.9. The van der Waals surface area contributed by atoms with Crippen LogP contribution in [0, 0.1) is 10.1 Å². The number of nitrogens with one attached hydrogen (secondary N) is 2. The molecule has 0 aromatic heterocycles. The highest BCUT2D eigenvalue weighted by molar-refractivity contribution is 6.01. The van der Waals surface area contributed by atoms with Gasteiger partial charge in [-0.3, -0.25) is 30.6 Å². The van der Waals surface area contributed by atoms with Crippen LogP contribution in [0.5, 0.6) is 17.2 Å². The molecule has 2 amide bonds. The van der Waals surface area contributed by atoms with Crippen molar-refractivity contribution in [3.05, 3.63) is 57.6 Å². The number of rotatable bonds is 8. The average Bonchev–Trinajstić information content (AvgIpc) is 2.74. The Morgan fingerprint density at radius 2 is 1.62 bits per heavy atom. The fourth-order valence-corrected chi connectivity index (χ4v) is 2.38. The van der Waals surface area contributed by atoms with Crippen LogP contribution in [0.3, 0.4) is 0 Å². The minimum atomic E-state index is -0.770. The van der Waals surface area contributed by atoms with Gasteiger partial charge in [-0.25, -0.2) is 0 Å². The molecule has 0 bridgehead atoms. The fraction of sp³-hybridized carbons (Fsp3) is 0.263. The summed E-state index contributed by atoms with van der Waals surface area (Å²) < 4.78 is 15.8. The van der Waals surface area contributed by atoms with Gasteiger partial charge >= 0.3 is 0 Å². The van der Waals surface area contributed by atoms with Crippen LogP contribution in [-0.2, 0) is 0 Å². The molecule has 0 aliphatic carbocycles.